The molecule has 0 atom stereocenters. The second kappa shape index (κ2) is 6.04. The number of benzene rings is 2. The lowest BCUT2D eigenvalue weighted by Crippen LogP contribution is -2.04. The average molecular weight is 280 g/mol. The maximum atomic E-state index is 13.5. The number of aryl methyl sites for hydroxylation is 1. The Hall–Kier alpha value is -1.58. The first-order chi connectivity index (χ1) is 9.10. The van der Waals surface area contributed by atoms with Gasteiger partial charge in [-0.2, -0.15) is 0 Å². The molecule has 19 heavy (non-hydrogen) atoms. The third-order valence-corrected chi connectivity index (χ3v) is 3.05. The Morgan fingerprint density at radius 1 is 1.21 bits per heavy atom. The topological polar surface area (TPSA) is 35.2 Å². The van der Waals surface area contributed by atoms with E-state index in [0.717, 1.165) is 5.56 Å². The Morgan fingerprint density at radius 2 is 2.00 bits per heavy atom. The van der Waals surface area contributed by atoms with Crippen molar-refractivity contribution in [2.75, 3.05) is 6.54 Å². The van der Waals surface area contributed by atoms with Gasteiger partial charge in [0.25, 0.3) is 0 Å². The van der Waals surface area contributed by atoms with Gasteiger partial charge in [0.15, 0.2) is 0 Å². The van der Waals surface area contributed by atoms with Gasteiger partial charge in [-0.25, -0.2) is 4.39 Å². The summed E-state index contributed by atoms with van der Waals surface area (Å²) in [5, 5.41) is 0.573. The van der Waals surface area contributed by atoms with Gasteiger partial charge in [0.2, 0.25) is 0 Å². The van der Waals surface area contributed by atoms with E-state index in [0.29, 0.717) is 35.1 Å². The highest BCUT2D eigenvalue weighted by molar-refractivity contribution is 6.30. The summed E-state index contributed by atoms with van der Waals surface area (Å²) >= 11 is 5.95. The number of rotatable bonds is 4. The summed E-state index contributed by atoms with van der Waals surface area (Å²) in [7, 11) is 0. The Morgan fingerprint density at radius 3 is 2.68 bits per heavy atom. The number of ether oxygens (including phenoxy) is 1. The lowest BCUT2D eigenvalue weighted by atomic mass is 10.1. The minimum Gasteiger partial charge on any atom is -0.457 e. The number of hydrogen-bond donors (Lipinski definition) is 1. The van der Waals surface area contributed by atoms with Crippen LogP contribution in [0.3, 0.4) is 0 Å². The highest BCUT2D eigenvalue weighted by atomic mass is 35.5. The monoisotopic (exact) mass is 279 g/mol. The summed E-state index contributed by atoms with van der Waals surface area (Å²) < 4.78 is 19.2. The SMILES string of the molecule is Cc1ccc(Oc2cc(Cl)ccc2CCN)cc1F. The maximum Gasteiger partial charge on any atom is 0.132 e. The molecule has 0 spiro atoms. The van der Waals surface area contributed by atoms with Crippen LogP contribution in [0.5, 0.6) is 11.5 Å². The van der Waals surface area contributed by atoms with Crippen molar-refractivity contribution in [1.29, 1.82) is 0 Å². The first kappa shape index (κ1) is 13.8. The van der Waals surface area contributed by atoms with E-state index in [1.807, 2.05) is 6.07 Å². The Bertz CT molecular complexity index is 586. The molecule has 0 aliphatic rings. The van der Waals surface area contributed by atoms with E-state index in [9.17, 15) is 4.39 Å². The van der Waals surface area contributed by atoms with Crippen molar-refractivity contribution in [2.45, 2.75) is 13.3 Å². The van der Waals surface area contributed by atoms with Gasteiger partial charge in [-0.15, -0.1) is 0 Å². The van der Waals surface area contributed by atoms with Crippen molar-refractivity contribution < 1.29 is 9.13 Å². The molecule has 2 N–H and O–H groups in total. The lowest BCUT2D eigenvalue weighted by molar-refractivity contribution is 0.470. The number of halogens is 2. The van der Waals surface area contributed by atoms with E-state index in [1.165, 1.54) is 6.07 Å². The standard InChI is InChI=1S/C15H15ClFNO/c1-10-2-5-13(9-14(10)17)19-15-8-12(16)4-3-11(15)6-7-18/h2-5,8-9H,6-7,18H2,1H3. The van der Waals surface area contributed by atoms with Gasteiger partial charge in [0.1, 0.15) is 17.3 Å². The summed E-state index contributed by atoms with van der Waals surface area (Å²) in [6, 6.07) is 10.1. The number of nitrogens with two attached hydrogens (primary N) is 1. The van der Waals surface area contributed by atoms with Crippen LogP contribution in [0, 0.1) is 12.7 Å². The first-order valence-electron chi connectivity index (χ1n) is 6.02. The highest BCUT2D eigenvalue weighted by Crippen LogP contribution is 2.29. The molecule has 0 saturated heterocycles. The van der Waals surface area contributed by atoms with Crippen LogP contribution in [-0.4, -0.2) is 6.54 Å². The van der Waals surface area contributed by atoms with Gasteiger partial charge < -0.3 is 10.5 Å². The molecule has 0 aliphatic carbocycles. The van der Waals surface area contributed by atoms with Gasteiger partial charge in [-0.3, -0.25) is 0 Å². The van der Waals surface area contributed by atoms with E-state index in [1.54, 1.807) is 31.2 Å². The quantitative estimate of drug-likeness (QED) is 0.915. The summed E-state index contributed by atoms with van der Waals surface area (Å²) in [5.74, 6) is 0.768. The largest absolute Gasteiger partial charge is 0.457 e. The summed E-state index contributed by atoms with van der Waals surface area (Å²) in [5.41, 5.74) is 7.09. The fourth-order valence-electron chi connectivity index (χ4n) is 1.75. The van der Waals surface area contributed by atoms with Crippen LogP contribution in [0.2, 0.25) is 5.02 Å². The van der Waals surface area contributed by atoms with Crippen molar-refractivity contribution >= 4 is 11.6 Å². The summed E-state index contributed by atoms with van der Waals surface area (Å²) in [6.07, 6.45) is 0.681. The second-order valence-electron chi connectivity index (χ2n) is 4.30. The van der Waals surface area contributed by atoms with Crippen molar-refractivity contribution in [3.63, 3.8) is 0 Å². The van der Waals surface area contributed by atoms with Gasteiger partial charge in [-0.05, 0) is 49.2 Å². The van der Waals surface area contributed by atoms with Crippen LogP contribution < -0.4 is 10.5 Å². The van der Waals surface area contributed by atoms with Crippen LogP contribution >= 0.6 is 11.6 Å². The van der Waals surface area contributed by atoms with Gasteiger partial charge in [-0.1, -0.05) is 23.7 Å². The second-order valence-corrected chi connectivity index (χ2v) is 4.74. The molecule has 0 aromatic heterocycles. The van der Waals surface area contributed by atoms with Crippen LogP contribution in [-0.2, 0) is 6.42 Å². The molecule has 0 bridgehead atoms. The van der Waals surface area contributed by atoms with Crippen molar-refractivity contribution in [3.05, 3.63) is 58.4 Å². The third kappa shape index (κ3) is 3.46. The van der Waals surface area contributed by atoms with Crippen molar-refractivity contribution in [2.24, 2.45) is 5.73 Å². The molecule has 0 unspecified atom stereocenters. The molecule has 2 aromatic rings. The van der Waals surface area contributed by atoms with E-state index >= 15 is 0 Å². The molecular formula is C15H15ClFNO. The summed E-state index contributed by atoms with van der Waals surface area (Å²) in [4.78, 5) is 0. The summed E-state index contributed by atoms with van der Waals surface area (Å²) in [6.45, 7) is 2.22. The molecular weight excluding hydrogens is 265 g/mol. The molecule has 0 fully saturated rings. The Kier molecular flexibility index (Phi) is 4.40. The lowest BCUT2D eigenvalue weighted by Gasteiger charge is -2.11. The van der Waals surface area contributed by atoms with E-state index in [4.69, 9.17) is 22.1 Å². The molecule has 2 nitrogen and oxygen atoms in total. The Labute approximate surface area is 117 Å². The van der Waals surface area contributed by atoms with E-state index in [-0.39, 0.29) is 5.82 Å². The molecule has 0 saturated carbocycles. The minimum absolute atomic E-state index is 0.292. The smallest absolute Gasteiger partial charge is 0.132 e. The molecule has 4 heteroatoms. The third-order valence-electron chi connectivity index (χ3n) is 2.81. The molecule has 0 amide bonds. The van der Waals surface area contributed by atoms with E-state index in [2.05, 4.69) is 0 Å². The maximum absolute atomic E-state index is 13.5. The van der Waals surface area contributed by atoms with Crippen LogP contribution in [0.25, 0.3) is 0 Å². The molecule has 0 heterocycles. The Balaban J connectivity index is 2.30. The minimum atomic E-state index is -0.292. The fourth-order valence-corrected chi connectivity index (χ4v) is 1.91. The zero-order valence-corrected chi connectivity index (χ0v) is 11.4. The number of hydrogen-bond acceptors (Lipinski definition) is 2. The first-order valence-corrected chi connectivity index (χ1v) is 6.40. The fraction of sp³-hybridized carbons (Fsp3) is 0.200. The normalized spacial score (nSPS) is 10.5. The molecule has 2 aromatic carbocycles. The zero-order valence-electron chi connectivity index (χ0n) is 10.6. The molecule has 100 valence electrons. The predicted octanol–water partition coefficient (Wildman–Crippen LogP) is 4.08. The zero-order chi connectivity index (χ0) is 13.8. The average Bonchev–Trinajstić information content (AvgIpc) is 2.37. The van der Waals surface area contributed by atoms with Crippen LogP contribution in [0.4, 0.5) is 4.39 Å². The van der Waals surface area contributed by atoms with Gasteiger partial charge in [0, 0.05) is 11.1 Å². The van der Waals surface area contributed by atoms with Crippen LogP contribution in [0.1, 0.15) is 11.1 Å². The molecule has 0 aliphatic heterocycles. The predicted molar refractivity (Wildman–Crippen MR) is 75.4 cm³/mol. The molecule has 2 rings (SSSR count). The molecule has 0 radical (unpaired) electrons. The van der Waals surface area contributed by atoms with Gasteiger partial charge in [0.05, 0.1) is 0 Å². The highest BCUT2D eigenvalue weighted by Gasteiger charge is 2.07. The van der Waals surface area contributed by atoms with Crippen molar-refractivity contribution in [3.8, 4) is 11.5 Å². The van der Waals surface area contributed by atoms with Crippen molar-refractivity contribution in [1.82, 2.24) is 0 Å². The van der Waals surface area contributed by atoms with E-state index < -0.39 is 0 Å². The van der Waals surface area contributed by atoms with Crippen LogP contribution in [0.15, 0.2) is 36.4 Å². The van der Waals surface area contributed by atoms with Gasteiger partial charge >= 0.3 is 0 Å².